The van der Waals surface area contributed by atoms with Gasteiger partial charge in [0.2, 0.25) is 5.95 Å². The first-order chi connectivity index (χ1) is 14.9. The molecule has 0 saturated carbocycles. The summed E-state index contributed by atoms with van der Waals surface area (Å²) in [5.41, 5.74) is 1.52. The first-order valence-electron chi connectivity index (χ1n) is 10.0. The van der Waals surface area contributed by atoms with E-state index in [2.05, 4.69) is 4.98 Å². The van der Waals surface area contributed by atoms with Gasteiger partial charge in [0, 0.05) is 27.7 Å². The molecule has 0 aliphatic heterocycles. The van der Waals surface area contributed by atoms with Gasteiger partial charge in [-0.05, 0) is 11.1 Å². The van der Waals surface area contributed by atoms with Crippen LogP contribution in [0, 0.1) is 0 Å². The molecule has 0 amide bonds. The Labute approximate surface area is 179 Å². The van der Waals surface area contributed by atoms with E-state index < -0.39 is 17.4 Å². The van der Waals surface area contributed by atoms with Gasteiger partial charge in [-0.15, -0.1) is 0 Å². The lowest BCUT2D eigenvalue weighted by atomic mass is 10.1. The van der Waals surface area contributed by atoms with Crippen LogP contribution in [0.1, 0.15) is 17.2 Å². The molecular weight excluding hydrogens is 394 g/mol. The van der Waals surface area contributed by atoms with Gasteiger partial charge in [-0.1, -0.05) is 60.7 Å². The number of aliphatic hydroxyl groups excluding tert-OH is 1. The number of fused-ring (bicyclic) bond motifs is 1. The van der Waals surface area contributed by atoms with Crippen LogP contribution in [0.3, 0.4) is 0 Å². The standard InChI is InChI=1S/C23H25N5O3/c1-25(14-16-10-6-4-7-11-16)22-24-20-19(21(30)27(3)23(31)26(20)2)28(22)15-18(29)17-12-8-5-9-13-17/h4-13,18,29H,14-15H2,1-3H3. The summed E-state index contributed by atoms with van der Waals surface area (Å²) in [5.74, 6) is 0.507. The third-order valence-electron chi connectivity index (χ3n) is 5.47. The Hall–Kier alpha value is -3.65. The number of aryl methyl sites for hydroxylation is 1. The van der Waals surface area contributed by atoms with Crippen molar-refractivity contribution in [2.75, 3.05) is 11.9 Å². The molecule has 0 saturated heterocycles. The second-order valence-electron chi connectivity index (χ2n) is 7.67. The van der Waals surface area contributed by atoms with Crippen molar-refractivity contribution in [2.45, 2.75) is 19.2 Å². The molecule has 2 aromatic heterocycles. The van der Waals surface area contributed by atoms with Crippen LogP contribution in [-0.2, 0) is 27.2 Å². The molecule has 160 valence electrons. The molecule has 1 unspecified atom stereocenters. The van der Waals surface area contributed by atoms with Gasteiger partial charge in [-0.3, -0.25) is 13.9 Å². The largest absolute Gasteiger partial charge is 0.387 e. The molecule has 31 heavy (non-hydrogen) atoms. The summed E-state index contributed by atoms with van der Waals surface area (Å²) in [6, 6.07) is 19.2. The predicted molar refractivity (Wildman–Crippen MR) is 120 cm³/mol. The van der Waals surface area contributed by atoms with E-state index in [9.17, 15) is 14.7 Å². The molecule has 4 rings (SSSR count). The Morgan fingerprint density at radius 3 is 2.23 bits per heavy atom. The fourth-order valence-electron chi connectivity index (χ4n) is 3.78. The smallest absolute Gasteiger partial charge is 0.332 e. The van der Waals surface area contributed by atoms with E-state index in [0.717, 1.165) is 15.7 Å². The molecule has 8 nitrogen and oxygen atoms in total. The average molecular weight is 419 g/mol. The lowest BCUT2D eigenvalue weighted by molar-refractivity contribution is 0.158. The highest BCUT2D eigenvalue weighted by Crippen LogP contribution is 2.24. The Balaban J connectivity index is 1.87. The molecule has 0 bridgehead atoms. The lowest BCUT2D eigenvalue weighted by Gasteiger charge is -2.21. The van der Waals surface area contributed by atoms with Crippen molar-refractivity contribution >= 4 is 17.1 Å². The molecule has 0 aliphatic carbocycles. The molecule has 0 fully saturated rings. The number of nitrogens with zero attached hydrogens (tertiary/aromatic N) is 5. The van der Waals surface area contributed by atoms with E-state index in [0.29, 0.717) is 18.1 Å². The molecule has 1 N–H and O–H groups in total. The second-order valence-corrected chi connectivity index (χ2v) is 7.67. The van der Waals surface area contributed by atoms with Crippen LogP contribution >= 0.6 is 0 Å². The summed E-state index contributed by atoms with van der Waals surface area (Å²) in [6.45, 7) is 0.683. The summed E-state index contributed by atoms with van der Waals surface area (Å²) in [4.78, 5) is 32.0. The van der Waals surface area contributed by atoms with Crippen molar-refractivity contribution < 1.29 is 5.11 Å². The number of imidazole rings is 1. The van der Waals surface area contributed by atoms with E-state index >= 15 is 0 Å². The van der Waals surface area contributed by atoms with Crippen LogP contribution in [0.5, 0.6) is 0 Å². The summed E-state index contributed by atoms with van der Waals surface area (Å²) in [5, 5.41) is 10.9. The Bertz CT molecular complexity index is 1320. The van der Waals surface area contributed by atoms with Crippen molar-refractivity contribution in [1.29, 1.82) is 0 Å². The monoisotopic (exact) mass is 419 g/mol. The van der Waals surface area contributed by atoms with Gasteiger partial charge in [0.05, 0.1) is 12.6 Å². The highest BCUT2D eigenvalue weighted by atomic mass is 16.3. The summed E-state index contributed by atoms with van der Waals surface area (Å²) >= 11 is 0. The van der Waals surface area contributed by atoms with Crippen molar-refractivity contribution in [1.82, 2.24) is 18.7 Å². The molecule has 2 heterocycles. The summed E-state index contributed by atoms with van der Waals surface area (Å²) in [7, 11) is 4.92. The third kappa shape index (κ3) is 3.77. The SMILES string of the molecule is CN(Cc1ccccc1)c1nc2c(c(=O)n(C)c(=O)n2C)n1CC(O)c1ccccc1. The zero-order chi connectivity index (χ0) is 22.1. The van der Waals surface area contributed by atoms with Crippen molar-refractivity contribution in [3.05, 3.63) is 92.6 Å². The zero-order valence-corrected chi connectivity index (χ0v) is 17.8. The number of rotatable bonds is 6. The molecular formula is C23H25N5O3. The van der Waals surface area contributed by atoms with Crippen LogP contribution in [-0.4, -0.2) is 30.8 Å². The number of aliphatic hydroxyl groups is 1. The van der Waals surface area contributed by atoms with E-state index in [-0.39, 0.29) is 12.1 Å². The molecule has 8 heteroatoms. The van der Waals surface area contributed by atoms with E-state index in [1.54, 1.807) is 11.6 Å². The van der Waals surface area contributed by atoms with Gasteiger partial charge < -0.3 is 14.6 Å². The van der Waals surface area contributed by atoms with E-state index in [1.807, 2.05) is 72.6 Å². The highest BCUT2D eigenvalue weighted by Gasteiger charge is 2.23. The molecule has 0 radical (unpaired) electrons. The van der Waals surface area contributed by atoms with E-state index in [4.69, 9.17) is 0 Å². The predicted octanol–water partition coefficient (Wildman–Crippen LogP) is 1.80. The van der Waals surface area contributed by atoms with Gasteiger partial charge in [-0.2, -0.15) is 4.98 Å². The molecule has 2 aromatic carbocycles. The van der Waals surface area contributed by atoms with Crippen LogP contribution in [0.2, 0.25) is 0 Å². The first-order valence-corrected chi connectivity index (χ1v) is 10.0. The van der Waals surface area contributed by atoms with Crippen molar-refractivity contribution in [3.8, 4) is 0 Å². The number of hydrogen-bond donors (Lipinski definition) is 1. The average Bonchev–Trinajstić information content (AvgIpc) is 3.17. The quantitative estimate of drug-likeness (QED) is 0.515. The normalized spacial score (nSPS) is 12.3. The maximum absolute atomic E-state index is 13.0. The van der Waals surface area contributed by atoms with Gasteiger partial charge in [0.1, 0.15) is 0 Å². The van der Waals surface area contributed by atoms with Gasteiger partial charge in [-0.25, -0.2) is 4.79 Å². The van der Waals surface area contributed by atoms with E-state index in [1.165, 1.54) is 11.6 Å². The number of anilines is 1. The Morgan fingerprint density at radius 1 is 0.968 bits per heavy atom. The molecule has 0 spiro atoms. The van der Waals surface area contributed by atoms with Crippen LogP contribution in [0.25, 0.3) is 11.2 Å². The second kappa shape index (κ2) is 8.23. The molecule has 4 aromatic rings. The topological polar surface area (TPSA) is 85.3 Å². The number of hydrogen-bond acceptors (Lipinski definition) is 5. The summed E-state index contributed by atoms with van der Waals surface area (Å²) in [6.07, 6.45) is -0.843. The van der Waals surface area contributed by atoms with Crippen LogP contribution < -0.4 is 16.1 Å². The maximum Gasteiger partial charge on any atom is 0.332 e. The number of benzene rings is 2. The maximum atomic E-state index is 13.0. The third-order valence-corrected chi connectivity index (χ3v) is 5.47. The minimum Gasteiger partial charge on any atom is -0.387 e. The Kier molecular flexibility index (Phi) is 5.48. The summed E-state index contributed by atoms with van der Waals surface area (Å²) < 4.78 is 4.14. The van der Waals surface area contributed by atoms with Crippen molar-refractivity contribution in [3.63, 3.8) is 0 Å². The molecule has 0 aliphatic rings. The first kappa shape index (κ1) is 20.6. The minimum absolute atomic E-state index is 0.127. The molecule has 1 atom stereocenters. The van der Waals surface area contributed by atoms with Gasteiger partial charge in [0.15, 0.2) is 11.2 Å². The Morgan fingerprint density at radius 2 is 1.58 bits per heavy atom. The fourth-order valence-corrected chi connectivity index (χ4v) is 3.78. The number of aromatic nitrogens is 4. The van der Waals surface area contributed by atoms with Gasteiger partial charge >= 0.3 is 5.69 Å². The highest BCUT2D eigenvalue weighted by molar-refractivity contribution is 5.74. The van der Waals surface area contributed by atoms with Gasteiger partial charge in [0.25, 0.3) is 5.56 Å². The van der Waals surface area contributed by atoms with Crippen molar-refractivity contribution in [2.24, 2.45) is 14.1 Å². The van der Waals surface area contributed by atoms with Crippen LogP contribution in [0.15, 0.2) is 70.3 Å². The minimum atomic E-state index is -0.843. The van der Waals surface area contributed by atoms with Crippen LogP contribution in [0.4, 0.5) is 5.95 Å². The lowest BCUT2D eigenvalue weighted by Crippen LogP contribution is -2.37. The zero-order valence-electron chi connectivity index (χ0n) is 17.8. The fraction of sp³-hybridized carbons (Fsp3) is 0.261.